The minimum atomic E-state index is -3.91. The van der Waals surface area contributed by atoms with E-state index in [1.165, 1.54) is 31.4 Å². The van der Waals surface area contributed by atoms with Crippen molar-refractivity contribution in [3.8, 4) is 5.75 Å². The summed E-state index contributed by atoms with van der Waals surface area (Å²) < 4.78 is 36.8. The lowest BCUT2D eigenvalue weighted by Crippen LogP contribution is -2.37. The number of ether oxygens (including phenoxy) is 2. The Morgan fingerprint density at radius 3 is 2.34 bits per heavy atom. The molecule has 0 fully saturated rings. The summed E-state index contributed by atoms with van der Waals surface area (Å²) in [6, 6.07) is 12.2. The molecule has 156 valence electrons. The Balaban J connectivity index is 2.12. The van der Waals surface area contributed by atoms with Gasteiger partial charge in [0.15, 0.2) is 0 Å². The number of hydrogen-bond acceptors (Lipinski definition) is 6. The van der Waals surface area contributed by atoms with Gasteiger partial charge in [0.25, 0.3) is 0 Å². The zero-order valence-corrected chi connectivity index (χ0v) is 17.4. The second kappa shape index (κ2) is 10.0. The maximum Gasteiger partial charge on any atom is 0.338 e. The Kier molecular flexibility index (Phi) is 7.74. The van der Waals surface area contributed by atoms with E-state index in [-0.39, 0.29) is 30.2 Å². The van der Waals surface area contributed by atoms with E-state index in [9.17, 15) is 18.0 Å². The zero-order valence-electron chi connectivity index (χ0n) is 16.5. The van der Waals surface area contributed by atoms with Crippen LogP contribution in [0.1, 0.15) is 24.2 Å². The highest BCUT2D eigenvalue weighted by molar-refractivity contribution is 7.89. The minimum absolute atomic E-state index is 0.0124. The van der Waals surface area contributed by atoms with Gasteiger partial charge in [-0.05, 0) is 43.3 Å². The van der Waals surface area contributed by atoms with E-state index >= 15 is 0 Å². The monoisotopic (exact) mass is 420 g/mol. The summed E-state index contributed by atoms with van der Waals surface area (Å²) in [5.41, 5.74) is 0.756. The first-order valence-corrected chi connectivity index (χ1v) is 10.5. The standard InChI is InChI=1S/C20H24N2O6S/c1-4-22(14-19(23)21-16-7-6-8-17(13-16)27-3)29(25,26)18-11-9-15(10-12-18)20(24)28-5-2/h6-13H,4-5,14H2,1-3H3,(H,21,23). The number of anilines is 1. The van der Waals surface area contributed by atoms with Gasteiger partial charge in [0.1, 0.15) is 5.75 Å². The molecule has 0 saturated carbocycles. The number of methoxy groups -OCH3 is 1. The molecule has 2 rings (SSSR count). The van der Waals surface area contributed by atoms with Crippen LogP contribution >= 0.6 is 0 Å². The highest BCUT2D eigenvalue weighted by atomic mass is 32.2. The molecule has 0 bridgehead atoms. The quantitative estimate of drug-likeness (QED) is 0.626. The number of carbonyl (C=O) groups excluding carboxylic acids is 2. The number of likely N-dealkylation sites (N-methyl/N-ethyl adjacent to an activating group) is 1. The Hall–Kier alpha value is -2.91. The summed E-state index contributed by atoms with van der Waals surface area (Å²) in [6.07, 6.45) is 0. The molecule has 0 heterocycles. The normalized spacial score (nSPS) is 11.2. The van der Waals surface area contributed by atoms with Crippen LogP contribution in [0.4, 0.5) is 5.69 Å². The molecule has 2 aromatic carbocycles. The van der Waals surface area contributed by atoms with E-state index in [4.69, 9.17) is 9.47 Å². The van der Waals surface area contributed by atoms with Crippen LogP contribution in [0.25, 0.3) is 0 Å². The number of sulfonamides is 1. The van der Waals surface area contributed by atoms with Gasteiger partial charge < -0.3 is 14.8 Å². The van der Waals surface area contributed by atoms with Crippen LogP contribution in [0.15, 0.2) is 53.4 Å². The number of nitrogens with one attached hydrogen (secondary N) is 1. The second-order valence-electron chi connectivity index (χ2n) is 5.96. The van der Waals surface area contributed by atoms with Crippen LogP contribution in [0.3, 0.4) is 0 Å². The molecular formula is C20H24N2O6S. The molecule has 9 heteroatoms. The fourth-order valence-corrected chi connectivity index (χ4v) is 3.96. The van der Waals surface area contributed by atoms with Gasteiger partial charge in [0.2, 0.25) is 15.9 Å². The van der Waals surface area contributed by atoms with Crippen molar-refractivity contribution in [2.75, 3.05) is 32.1 Å². The van der Waals surface area contributed by atoms with Crippen molar-refractivity contribution >= 4 is 27.6 Å². The van der Waals surface area contributed by atoms with Gasteiger partial charge in [0.05, 0.1) is 30.7 Å². The van der Waals surface area contributed by atoms with Gasteiger partial charge >= 0.3 is 5.97 Å². The van der Waals surface area contributed by atoms with Crippen molar-refractivity contribution in [2.45, 2.75) is 18.7 Å². The van der Waals surface area contributed by atoms with E-state index in [1.54, 1.807) is 38.1 Å². The first-order chi connectivity index (χ1) is 13.8. The third-order valence-corrected chi connectivity index (χ3v) is 5.96. The second-order valence-corrected chi connectivity index (χ2v) is 7.89. The minimum Gasteiger partial charge on any atom is -0.497 e. The molecule has 0 atom stereocenters. The lowest BCUT2D eigenvalue weighted by atomic mass is 10.2. The lowest BCUT2D eigenvalue weighted by molar-refractivity contribution is -0.116. The Labute approximate surface area is 170 Å². The molecule has 0 radical (unpaired) electrons. The molecule has 0 saturated heterocycles. The highest BCUT2D eigenvalue weighted by Crippen LogP contribution is 2.19. The van der Waals surface area contributed by atoms with Crippen LogP contribution in [0.5, 0.6) is 5.75 Å². The summed E-state index contributed by atoms with van der Waals surface area (Å²) in [7, 11) is -2.40. The van der Waals surface area contributed by atoms with Crippen molar-refractivity contribution in [3.63, 3.8) is 0 Å². The van der Waals surface area contributed by atoms with Crippen molar-refractivity contribution in [1.82, 2.24) is 4.31 Å². The van der Waals surface area contributed by atoms with Crippen LogP contribution in [0, 0.1) is 0 Å². The molecular weight excluding hydrogens is 396 g/mol. The molecule has 0 aromatic heterocycles. The molecule has 0 unspecified atom stereocenters. The van der Waals surface area contributed by atoms with Crippen LogP contribution < -0.4 is 10.1 Å². The van der Waals surface area contributed by atoms with E-state index < -0.39 is 21.9 Å². The highest BCUT2D eigenvalue weighted by Gasteiger charge is 2.25. The Bertz CT molecular complexity index is 957. The Morgan fingerprint density at radius 1 is 1.07 bits per heavy atom. The smallest absolute Gasteiger partial charge is 0.338 e. The van der Waals surface area contributed by atoms with E-state index in [0.29, 0.717) is 11.4 Å². The third-order valence-electron chi connectivity index (χ3n) is 4.03. The van der Waals surface area contributed by atoms with Gasteiger partial charge in [-0.25, -0.2) is 13.2 Å². The summed E-state index contributed by atoms with van der Waals surface area (Å²) in [6.45, 7) is 3.31. The molecule has 0 aliphatic heterocycles. The topological polar surface area (TPSA) is 102 Å². The number of esters is 1. The van der Waals surface area contributed by atoms with Gasteiger partial charge in [0, 0.05) is 18.3 Å². The fraction of sp³-hybridized carbons (Fsp3) is 0.300. The van der Waals surface area contributed by atoms with Gasteiger partial charge in [-0.3, -0.25) is 4.79 Å². The number of carbonyl (C=O) groups is 2. The summed E-state index contributed by atoms with van der Waals surface area (Å²) in [5.74, 6) is -0.433. The summed E-state index contributed by atoms with van der Waals surface area (Å²) >= 11 is 0. The third kappa shape index (κ3) is 5.78. The number of amides is 1. The average Bonchev–Trinajstić information content (AvgIpc) is 2.72. The maximum absolute atomic E-state index is 12.9. The molecule has 29 heavy (non-hydrogen) atoms. The molecule has 0 aliphatic rings. The predicted molar refractivity (Wildman–Crippen MR) is 108 cm³/mol. The molecule has 0 spiro atoms. The van der Waals surface area contributed by atoms with Crippen LogP contribution in [-0.2, 0) is 19.6 Å². The van der Waals surface area contributed by atoms with Crippen LogP contribution in [0.2, 0.25) is 0 Å². The first kappa shape index (κ1) is 22.4. The van der Waals surface area contributed by atoms with Crippen molar-refractivity contribution in [1.29, 1.82) is 0 Å². The predicted octanol–water partition coefficient (Wildman–Crippen LogP) is 2.52. The van der Waals surface area contributed by atoms with Crippen molar-refractivity contribution in [3.05, 3.63) is 54.1 Å². The fourth-order valence-electron chi connectivity index (χ4n) is 2.55. The van der Waals surface area contributed by atoms with E-state index in [0.717, 1.165) is 4.31 Å². The number of hydrogen-bond donors (Lipinski definition) is 1. The van der Waals surface area contributed by atoms with Gasteiger partial charge in [-0.2, -0.15) is 4.31 Å². The Morgan fingerprint density at radius 2 is 1.76 bits per heavy atom. The molecule has 0 aliphatic carbocycles. The summed E-state index contributed by atoms with van der Waals surface area (Å²) in [4.78, 5) is 24.1. The van der Waals surface area contributed by atoms with Gasteiger partial charge in [-0.15, -0.1) is 0 Å². The summed E-state index contributed by atoms with van der Waals surface area (Å²) in [5, 5.41) is 2.66. The van der Waals surface area contributed by atoms with E-state index in [2.05, 4.69) is 5.32 Å². The van der Waals surface area contributed by atoms with Gasteiger partial charge in [-0.1, -0.05) is 13.0 Å². The number of rotatable bonds is 9. The van der Waals surface area contributed by atoms with Crippen LogP contribution in [-0.4, -0.2) is 51.4 Å². The lowest BCUT2D eigenvalue weighted by Gasteiger charge is -2.20. The molecule has 2 aromatic rings. The molecule has 1 N–H and O–H groups in total. The first-order valence-electron chi connectivity index (χ1n) is 9.03. The molecule has 1 amide bonds. The number of nitrogens with zero attached hydrogens (tertiary/aromatic N) is 1. The maximum atomic E-state index is 12.9. The van der Waals surface area contributed by atoms with E-state index in [1.807, 2.05) is 0 Å². The molecule has 8 nitrogen and oxygen atoms in total. The zero-order chi connectivity index (χ0) is 21.4. The number of benzene rings is 2. The van der Waals surface area contributed by atoms with Crippen molar-refractivity contribution < 1.29 is 27.5 Å². The average molecular weight is 420 g/mol. The SMILES string of the molecule is CCOC(=O)c1ccc(S(=O)(=O)N(CC)CC(=O)Nc2cccc(OC)c2)cc1. The van der Waals surface area contributed by atoms with Crippen molar-refractivity contribution in [2.24, 2.45) is 0 Å². The largest absolute Gasteiger partial charge is 0.497 e.